The molecule has 0 saturated carbocycles. The Hall–Kier alpha value is -4.43. The number of esters is 1. The van der Waals surface area contributed by atoms with Gasteiger partial charge in [-0.3, -0.25) is 10.1 Å². The number of carboxylic acids is 1. The van der Waals surface area contributed by atoms with E-state index in [9.17, 15) is 43.1 Å². The number of carboxylic acid groups (broad SMARTS) is 1. The van der Waals surface area contributed by atoms with Gasteiger partial charge in [0.15, 0.2) is 0 Å². The highest BCUT2D eigenvalue weighted by molar-refractivity contribution is 6.14. The van der Waals surface area contributed by atoms with Crippen molar-refractivity contribution in [2.45, 2.75) is 64.4 Å². The van der Waals surface area contributed by atoms with E-state index >= 15 is 0 Å². The van der Waals surface area contributed by atoms with Gasteiger partial charge in [-0.25, -0.2) is 9.59 Å². The second kappa shape index (κ2) is 14.8. The topological polar surface area (TPSA) is 151 Å². The molecule has 14 heteroatoms. The first kappa shape index (κ1) is 36.0. The third-order valence-electron chi connectivity index (χ3n) is 7.26. The summed E-state index contributed by atoms with van der Waals surface area (Å²) in [7, 11) is 0.869. The van der Waals surface area contributed by atoms with Crippen molar-refractivity contribution in [1.29, 1.82) is 0 Å². The Morgan fingerprint density at radius 2 is 1.78 bits per heavy atom. The summed E-state index contributed by atoms with van der Waals surface area (Å²) in [5.41, 5.74) is -3.67. The molecule has 2 aromatic carbocycles. The van der Waals surface area contributed by atoms with Crippen LogP contribution in [-0.2, 0) is 20.7 Å². The number of β-amino-alcohol motifs (C(OH)–C–C–N with tert-alkyl or cyclic N) is 1. The van der Waals surface area contributed by atoms with Crippen LogP contribution in [0.3, 0.4) is 0 Å². The summed E-state index contributed by atoms with van der Waals surface area (Å²) in [6.07, 6.45) is -5.39. The first-order valence-electron chi connectivity index (χ1n) is 14.5. The smallest absolute Gasteiger partial charge is 0.432 e. The molecule has 46 heavy (non-hydrogen) atoms. The second-order valence-electron chi connectivity index (χ2n) is 11.8. The van der Waals surface area contributed by atoms with Gasteiger partial charge >= 0.3 is 18.1 Å². The van der Waals surface area contributed by atoms with Crippen molar-refractivity contribution < 1.29 is 47.4 Å². The molecule has 1 aliphatic rings. The number of nitro groups is 1. The first-order valence-corrected chi connectivity index (χ1v) is 14.5. The molecule has 2 atom stereocenters. The van der Waals surface area contributed by atoms with Crippen molar-refractivity contribution in [3.8, 4) is 5.75 Å². The number of aliphatic hydroxyl groups excluding tert-OH is 1. The summed E-state index contributed by atoms with van der Waals surface area (Å²) >= 11 is 0. The van der Waals surface area contributed by atoms with E-state index in [-0.39, 0.29) is 30.7 Å². The number of benzene rings is 2. The summed E-state index contributed by atoms with van der Waals surface area (Å²) in [4.78, 5) is 36.9. The molecule has 0 radical (unpaired) electrons. The van der Waals surface area contributed by atoms with Crippen LogP contribution in [-0.4, -0.2) is 82.6 Å². The molecule has 0 amide bonds. The minimum Gasteiger partial charge on any atom is -0.491 e. The molecular formula is C32H38F3N3O8. The molecule has 0 aromatic heterocycles. The Bertz CT molecular complexity index is 1500. The van der Waals surface area contributed by atoms with Crippen molar-refractivity contribution in [3.05, 3.63) is 86.6 Å². The number of hydrogen-bond acceptors (Lipinski definition) is 9. The fourth-order valence-electron chi connectivity index (χ4n) is 5.11. The fraction of sp³-hybridized carbons (Fsp3) is 0.438. The van der Waals surface area contributed by atoms with Crippen LogP contribution in [0.5, 0.6) is 5.75 Å². The van der Waals surface area contributed by atoms with Crippen LogP contribution in [0.15, 0.2) is 65.4 Å². The van der Waals surface area contributed by atoms with E-state index in [1.807, 2.05) is 20.8 Å². The predicted molar refractivity (Wildman–Crippen MR) is 163 cm³/mol. The van der Waals surface area contributed by atoms with Crippen LogP contribution >= 0.6 is 0 Å². The molecule has 250 valence electrons. The SMILES string of the molecule is COC(=O)C1=C(C(F)(F)F)N(CCCc2ccc(OCC(O)CNC(C)(C)C)cc2)C(C)C(C(=O)O)=C1c1cccc([N+](=O)[O-])c1. The highest BCUT2D eigenvalue weighted by Crippen LogP contribution is 2.45. The quantitative estimate of drug-likeness (QED) is 0.156. The number of nitro benzene ring substituents is 1. The summed E-state index contributed by atoms with van der Waals surface area (Å²) < 4.78 is 54.6. The second-order valence-corrected chi connectivity index (χ2v) is 11.8. The number of methoxy groups -OCH3 is 1. The molecule has 0 aliphatic carbocycles. The number of aliphatic hydroxyl groups is 1. The monoisotopic (exact) mass is 649 g/mol. The van der Waals surface area contributed by atoms with Gasteiger partial charge in [-0.2, -0.15) is 13.2 Å². The summed E-state index contributed by atoms with van der Waals surface area (Å²) in [6, 6.07) is 9.88. The molecule has 3 N–H and O–H groups in total. The fourth-order valence-corrected chi connectivity index (χ4v) is 5.11. The first-order chi connectivity index (χ1) is 21.4. The molecule has 0 spiro atoms. The van der Waals surface area contributed by atoms with E-state index in [2.05, 4.69) is 10.1 Å². The predicted octanol–water partition coefficient (Wildman–Crippen LogP) is 4.89. The number of ether oxygens (including phenoxy) is 2. The summed E-state index contributed by atoms with van der Waals surface area (Å²) in [5, 5.41) is 34.9. The molecular weight excluding hydrogens is 611 g/mol. The lowest BCUT2D eigenvalue weighted by molar-refractivity contribution is -0.384. The molecule has 0 fully saturated rings. The average Bonchev–Trinajstić information content (AvgIpc) is 2.98. The lowest BCUT2D eigenvalue weighted by Crippen LogP contribution is -2.46. The van der Waals surface area contributed by atoms with Gasteiger partial charge in [0.05, 0.1) is 29.2 Å². The van der Waals surface area contributed by atoms with Crippen LogP contribution in [0.1, 0.15) is 45.2 Å². The molecule has 1 heterocycles. The third-order valence-corrected chi connectivity index (χ3v) is 7.26. The van der Waals surface area contributed by atoms with Gasteiger partial charge in [0.1, 0.15) is 24.2 Å². The third kappa shape index (κ3) is 9.07. The van der Waals surface area contributed by atoms with Gasteiger partial charge in [0.2, 0.25) is 0 Å². The Balaban J connectivity index is 1.88. The molecule has 11 nitrogen and oxygen atoms in total. The molecule has 1 aliphatic heterocycles. The van der Waals surface area contributed by atoms with Crippen molar-refractivity contribution >= 4 is 23.2 Å². The molecule has 3 rings (SSSR count). The number of rotatable bonds is 13. The number of aryl methyl sites for hydroxylation is 1. The lowest BCUT2D eigenvalue weighted by atomic mass is 9.83. The van der Waals surface area contributed by atoms with Gasteiger partial charge < -0.3 is 29.9 Å². The van der Waals surface area contributed by atoms with Gasteiger partial charge in [-0.15, -0.1) is 0 Å². The molecule has 0 bridgehead atoms. The van der Waals surface area contributed by atoms with Crippen molar-refractivity contribution in [1.82, 2.24) is 10.2 Å². The zero-order valence-electron chi connectivity index (χ0n) is 26.2. The Morgan fingerprint density at radius 3 is 2.33 bits per heavy atom. The minimum atomic E-state index is -5.11. The van der Waals surface area contributed by atoms with Crippen LogP contribution < -0.4 is 10.1 Å². The van der Waals surface area contributed by atoms with Crippen molar-refractivity contribution in [3.63, 3.8) is 0 Å². The van der Waals surface area contributed by atoms with E-state index in [1.54, 1.807) is 24.3 Å². The normalized spacial score (nSPS) is 16.4. The number of alkyl halides is 3. The molecule has 2 unspecified atom stereocenters. The Morgan fingerprint density at radius 1 is 1.13 bits per heavy atom. The van der Waals surface area contributed by atoms with Crippen LogP contribution in [0.4, 0.5) is 18.9 Å². The van der Waals surface area contributed by atoms with Crippen molar-refractivity contribution in [2.75, 3.05) is 26.8 Å². The number of nitrogens with zero attached hydrogens (tertiary/aromatic N) is 2. The minimum absolute atomic E-state index is 0.0576. The van der Waals surface area contributed by atoms with Gasteiger partial charge in [-0.05, 0) is 63.8 Å². The van der Waals surface area contributed by atoms with Gasteiger partial charge in [-0.1, -0.05) is 24.3 Å². The standard InChI is InChI=1S/C32H38F3N3O8/c1-19-25(29(40)41)26(21-9-6-10-22(16-21)38(43)44)27(30(42)45-5)28(32(33,34)35)37(19)15-7-8-20-11-13-24(14-12-20)46-18-23(39)17-36-31(2,3)4/h6,9-14,16,19,23,36,39H,7-8,15,17-18H2,1-5H3,(H,40,41). The van der Waals surface area contributed by atoms with Gasteiger partial charge in [0.25, 0.3) is 5.69 Å². The van der Waals surface area contributed by atoms with E-state index in [4.69, 9.17) is 4.74 Å². The Labute approximate surface area is 264 Å². The largest absolute Gasteiger partial charge is 0.491 e. The van der Waals surface area contributed by atoms with Gasteiger partial charge in [0, 0.05) is 36.3 Å². The van der Waals surface area contributed by atoms with E-state index in [1.165, 1.54) is 19.1 Å². The lowest BCUT2D eigenvalue weighted by Gasteiger charge is -2.40. The van der Waals surface area contributed by atoms with Crippen LogP contribution in [0.2, 0.25) is 0 Å². The van der Waals surface area contributed by atoms with E-state index in [0.717, 1.165) is 29.7 Å². The number of nitrogens with one attached hydrogen (secondary N) is 1. The van der Waals surface area contributed by atoms with Crippen LogP contribution in [0, 0.1) is 10.1 Å². The molecule has 0 saturated heterocycles. The number of carbonyl (C=O) groups excluding carboxylic acids is 1. The highest BCUT2D eigenvalue weighted by atomic mass is 19.4. The maximum atomic E-state index is 14.7. The number of carbonyl (C=O) groups is 2. The maximum Gasteiger partial charge on any atom is 0.432 e. The summed E-state index contributed by atoms with van der Waals surface area (Å²) in [6.45, 7) is 7.32. The Kier molecular flexibility index (Phi) is 11.6. The van der Waals surface area contributed by atoms with Crippen LogP contribution in [0.25, 0.3) is 5.57 Å². The number of halogens is 3. The maximum absolute atomic E-state index is 14.7. The highest BCUT2D eigenvalue weighted by Gasteiger charge is 2.49. The zero-order valence-corrected chi connectivity index (χ0v) is 26.2. The number of aliphatic carboxylic acids is 1. The zero-order chi connectivity index (χ0) is 34.4. The van der Waals surface area contributed by atoms with Crippen molar-refractivity contribution in [2.24, 2.45) is 0 Å². The number of hydrogen-bond donors (Lipinski definition) is 3. The summed E-state index contributed by atoms with van der Waals surface area (Å²) in [5.74, 6) is -2.52. The number of non-ortho nitro benzene ring substituents is 1. The molecule has 2 aromatic rings. The number of allylic oxidation sites excluding steroid dienone is 1. The van der Waals surface area contributed by atoms with E-state index in [0.29, 0.717) is 18.7 Å². The average molecular weight is 650 g/mol. The van der Waals surface area contributed by atoms with E-state index < -0.39 is 63.3 Å².